The molecule has 0 saturated carbocycles. The van der Waals surface area contributed by atoms with E-state index in [1.807, 2.05) is 17.0 Å². The zero-order valence-electron chi connectivity index (χ0n) is 16.8. The first-order valence-electron chi connectivity index (χ1n) is 10.7. The molecule has 2 fully saturated rings. The summed E-state index contributed by atoms with van der Waals surface area (Å²) in [6, 6.07) is 5.57. The summed E-state index contributed by atoms with van der Waals surface area (Å²) in [5.74, 6) is 0.851. The van der Waals surface area contributed by atoms with Crippen molar-refractivity contribution in [1.82, 2.24) is 9.21 Å². The van der Waals surface area contributed by atoms with Crippen LogP contribution in [-0.4, -0.2) is 69.3 Å². The van der Waals surface area contributed by atoms with E-state index in [-0.39, 0.29) is 5.91 Å². The van der Waals surface area contributed by atoms with Crippen molar-refractivity contribution >= 4 is 15.9 Å². The Labute approximate surface area is 168 Å². The minimum Gasteiger partial charge on any atom is -0.335 e. The predicted octanol–water partition coefficient (Wildman–Crippen LogP) is 0.323. The summed E-state index contributed by atoms with van der Waals surface area (Å²) in [5, 5.41) is 0. The lowest BCUT2D eigenvalue weighted by Crippen LogP contribution is -3.14. The smallest absolute Gasteiger partial charge is 0.277 e. The molecule has 1 unspecified atom stereocenters. The van der Waals surface area contributed by atoms with Crippen LogP contribution in [0.15, 0.2) is 23.1 Å². The molecule has 1 amide bonds. The van der Waals surface area contributed by atoms with Crippen molar-refractivity contribution in [2.75, 3.05) is 45.8 Å². The van der Waals surface area contributed by atoms with Gasteiger partial charge in [0.05, 0.1) is 18.0 Å². The minimum atomic E-state index is -3.48. The Morgan fingerprint density at radius 1 is 1.11 bits per heavy atom. The van der Waals surface area contributed by atoms with Gasteiger partial charge < -0.3 is 9.80 Å². The van der Waals surface area contributed by atoms with Gasteiger partial charge in [-0.05, 0) is 55.4 Å². The van der Waals surface area contributed by atoms with Gasteiger partial charge in [-0.3, -0.25) is 4.79 Å². The van der Waals surface area contributed by atoms with Crippen LogP contribution in [0.1, 0.15) is 37.3 Å². The number of benzene rings is 1. The molecule has 2 heterocycles. The number of nitrogens with zero attached hydrogens (tertiary/aromatic N) is 2. The molecule has 154 valence electrons. The molecular formula is C21H32N3O3S+. The van der Waals surface area contributed by atoms with Crippen molar-refractivity contribution in [2.45, 2.75) is 43.9 Å². The summed E-state index contributed by atoms with van der Waals surface area (Å²) in [6.45, 7) is 6.70. The molecule has 6 nitrogen and oxygen atoms in total. The van der Waals surface area contributed by atoms with E-state index in [9.17, 15) is 13.2 Å². The molecule has 4 rings (SSSR count). The van der Waals surface area contributed by atoms with Gasteiger partial charge in [-0.1, -0.05) is 13.0 Å². The van der Waals surface area contributed by atoms with Gasteiger partial charge in [0.2, 0.25) is 10.0 Å². The molecule has 2 aliphatic heterocycles. The number of aryl methyl sites for hydroxylation is 2. The molecule has 0 spiro atoms. The van der Waals surface area contributed by atoms with Crippen LogP contribution in [-0.2, 0) is 27.7 Å². The molecule has 1 N–H and O–H groups in total. The third-order valence-electron chi connectivity index (χ3n) is 6.56. The number of hydrogen-bond donors (Lipinski definition) is 1. The van der Waals surface area contributed by atoms with Crippen molar-refractivity contribution in [3.63, 3.8) is 0 Å². The van der Waals surface area contributed by atoms with Crippen LogP contribution < -0.4 is 4.90 Å². The van der Waals surface area contributed by atoms with Crippen molar-refractivity contribution in [3.05, 3.63) is 29.3 Å². The second-order valence-electron chi connectivity index (χ2n) is 8.70. The molecule has 0 radical (unpaired) electrons. The monoisotopic (exact) mass is 406 g/mol. The lowest BCUT2D eigenvalue weighted by Gasteiger charge is -2.35. The molecule has 2 atom stereocenters. The van der Waals surface area contributed by atoms with Crippen LogP contribution in [0, 0.1) is 5.92 Å². The first-order chi connectivity index (χ1) is 13.4. The summed E-state index contributed by atoms with van der Waals surface area (Å²) >= 11 is 0. The van der Waals surface area contributed by atoms with Crippen molar-refractivity contribution in [3.8, 4) is 0 Å². The van der Waals surface area contributed by atoms with Crippen LogP contribution >= 0.6 is 0 Å². The first-order valence-corrected chi connectivity index (χ1v) is 12.1. The zero-order chi connectivity index (χ0) is 19.7. The van der Waals surface area contributed by atoms with Gasteiger partial charge in [-0.2, -0.15) is 4.31 Å². The number of rotatable bonds is 4. The quantitative estimate of drug-likeness (QED) is 0.784. The number of piperazine rings is 1. The summed E-state index contributed by atoms with van der Waals surface area (Å²) in [7, 11) is -3.48. The Bertz CT molecular complexity index is 831. The Balaban J connectivity index is 1.35. The average Bonchev–Trinajstić information content (AvgIpc) is 3.16. The summed E-state index contributed by atoms with van der Waals surface area (Å²) in [4.78, 5) is 16.3. The van der Waals surface area contributed by atoms with E-state index in [0.29, 0.717) is 43.5 Å². The number of likely N-dealkylation sites (tertiary alicyclic amines) is 1. The minimum absolute atomic E-state index is 0.165. The number of fused-ring (bicyclic) bond motifs is 1. The Morgan fingerprint density at radius 3 is 2.61 bits per heavy atom. The fraction of sp³-hybridized carbons (Fsp3) is 0.667. The van der Waals surface area contributed by atoms with Crippen molar-refractivity contribution in [1.29, 1.82) is 0 Å². The van der Waals surface area contributed by atoms with E-state index < -0.39 is 10.0 Å². The molecule has 7 heteroatoms. The van der Waals surface area contributed by atoms with Gasteiger partial charge in [0.25, 0.3) is 5.91 Å². The van der Waals surface area contributed by atoms with Gasteiger partial charge >= 0.3 is 0 Å². The van der Waals surface area contributed by atoms with Crippen molar-refractivity contribution in [2.24, 2.45) is 5.92 Å². The van der Waals surface area contributed by atoms with Crippen molar-refractivity contribution < 1.29 is 18.1 Å². The number of sulfonamides is 1. The van der Waals surface area contributed by atoms with Gasteiger partial charge in [0, 0.05) is 32.1 Å². The lowest BCUT2D eigenvalue weighted by molar-refractivity contribution is -0.900. The molecule has 0 aromatic heterocycles. The topological polar surface area (TPSA) is 62.1 Å². The van der Waals surface area contributed by atoms with Gasteiger partial charge in [-0.25, -0.2) is 8.42 Å². The lowest BCUT2D eigenvalue weighted by atomic mass is 10.0. The number of carbonyl (C=O) groups is 1. The number of carbonyl (C=O) groups excluding carboxylic acids is 1. The number of amides is 1. The molecule has 28 heavy (non-hydrogen) atoms. The summed E-state index contributed by atoms with van der Waals surface area (Å²) < 4.78 is 27.6. The van der Waals surface area contributed by atoms with E-state index in [1.54, 1.807) is 10.4 Å². The van der Waals surface area contributed by atoms with E-state index in [0.717, 1.165) is 32.4 Å². The second-order valence-corrected chi connectivity index (χ2v) is 10.6. The van der Waals surface area contributed by atoms with Crippen LogP contribution in [0.25, 0.3) is 0 Å². The molecule has 0 bridgehead atoms. The van der Waals surface area contributed by atoms with Crippen LogP contribution in [0.4, 0.5) is 0 Å². The fourth-order valence-electron chi connectivity index (χ4n) is 4.92. The number of quaternary nitrogens is 1. The maximum absolute atomic E-state index is 13.0. The second kappa shape index (κ2) is 8.13. The van der Waals surface area contributed by atoms with E-state index in [4.69, 9.17) is 0 Å². The molecule has 1 aliphatic carbocycles. The number of hydrogen-bond acceptors (Lipinski definition) is 3. The Morgan fingerprint density at radius 2 is 1.86 bits per heavy atom. The predicted molar refractivity (Wildman–Crippen MR) is 108 cm³/mol. The molecule has 2 saturated heterocycles. The molecule has 1 aromatic carbocycles. The van der Waals surface area contributed by atoms with E-state index >= 15 is 0 Å². The van der Waals surface area contributed by atoms with Crippen LogP contribution in [0.2, 0.25) is 0 Å². The highest BCUT2D eigenvalue weighted by Crippen LogP contribution is 2.26. The highest BCUT2D eigenvalue weighted by Gasteiger charge is 2.32. The third-order valence-corrected chi connectivity index (χ3v) is 8.46. The van der Waals surface area contributed by atoms with E-state index in [2.05, 4.69) is 6.92 Å². The van der Waals surface area contributed by atoms with E-state index in [1.165, 1.54) is 28.9 Å². The van der Waals surface area contributed by atoms with Crippen LogP contribution in [0.5, 0.6) is 0 Å². The fourth-order valence-corrected chi connectivity index (χ4v) is 6.39. The SMILES string of the molecule is C[C@H]1CCC[NH+](CC(=O)N2CCN(S(=O)(=O)c3ccc4c(c3)CCC4)CC2)C1. The highest BCUT2D eigenvalue weighted by atomic mass is 32.2. The van der Waals surface area contributed by atoms with Gasteiger partial charge in [-0.15, -0.1) is 0 Å². The molecular weight excluding hydrogens is 374 g/mol. The molecule has 1 aromatic rings. The maximum Gasteiger partial charge on any atom is 0.277 e. The first kappa shape index (κ1) is 19.9. The zero-order valence-corrected chi connectivity index (χ0v) is 17.6. The summed E-state index contributed by atoms with van der Waals surface area (Å²) in [6.07, 6.45) is 5.58. The average molecular weight is 407 g/mol. The normalized spacial score (nSPS) is 26.2. The molecule has 3 aliphatic rings. The summed E-state index contributed by atoms with van der Waals surface area (Å²) in [5.41, 5.74) is 2.46. The highest BCUT2D eigenvalue weighted by molar-refractivity contribution is 7.89. The Hall–Kier alpha value is -1.44. The largest absolute Gasteiger partial charge is 0.335 e. The standard InChI is InChI=1S/C21H31N3O3S/c1-17-4-3-9-22(15-17)16-21(25)23-10-12-24(13-11-23)28(26,27)20-8-7-18-5-2-6-19(18)14-20/h7-8,14,17H,2-6,9-13,15-16H2,1H3/p+1/t17-/m0/s1. The Kier molecular flexibility index (Phi) is 5.76. The van der Waals surface area contributed by atoms with Gasteiger partial charge in [0.1, 0.15) is 0 Å². The van der Waals surface area contributed by atoms with Crippen LogP contribution in [0.3, 0.4) is 0 Å². The number of piperidine rings is 1. The maximum atomic E-state index is 13.0. The number of nitrogens with one attached hydrogen (secondary N) is 1. The van der Waals surface area contributed by atoms with Gasteiger partial charge in [0.15, 0.2) is 6.54 Å². The third kappa shape index (κ3) is 4.11.